The first kappa shape index (κ1) is 22.4. The molecule has 0 aliphatic carbocycles. The molecule has 0 radical (unpaired) electrons. The second kappa shape index (κ2) is 9.77. The largest absolute Gasteiger partial charge is 0.416 e. The molecule has 31 heavy (non-hydrogen) atoms. The molecule has 1 aliphatic heterocycles. The van der Waals surface area contributed by atoms with E-state index < -0.39 is 11.7 Å². The van der Waals surface area contributed by atoms with Gasteiger partial charge >= 0.3 is 6.18 Å². The third-order valence-corrected chi connectivity index (χ3v) is 6.65. The van der Waals surface area contributed by atoms with E-state index >= 15 is 0 Å². The summed E-state index contributed by atoms with van der Waals surface area (Å²) >= 11 is 7.77. The van der Waals surface area contributed by atoms with Gasteiger partial charge < -0.3 is 10.2 Å². The zero-order valence-electron chi connectivity index (χ0n) is 17.0. The summed E-state index contributed by atoms with van der Waals surface area (Å²) in [6, 6.07) is 5.61. The normalized spacial score (nSPS) is 15.8. The van der Waals surface area contributed by atoms with Crippen LogP contribution in [0.2, 0.25) is 5.15 Å². The number of piperazine rings is 1. The Hall–Kier alpha value is -1.81. The predicted molar refractivity (Wildman–Crippen MR) is 119 cm³/mol. The number of nitrogens with zero attached hydrogens (tertiary/aromatic N) is 4. The van der Waals surface area contributed by atoms with Crippen molar-refractivity contribution < 1.29 is 13.2 Å². The molecule has 4 rings (SSSR count). The van der Waals surface area contributed by atoms with Crippen LogP contribution in [0.25, 0.3) is 4.96 Å². The average Bonchev–Trinajstić information content (AvgIpc) is 3.32. The van der Waals surface area contributed by atoms with Gasteiger partial charge in [0.25, 0.3) is 0 Å². The van der Waals surface area contributed by atoms with E-state index in [1.165, 1.54) is 12.1 Å². The van der Waals surface area contributed by atoms with E-state index in [0.717, 1.165) is 68.8 Å². The summed E-state index contributed by atoms with van der Waals surface area (Å²) in [5.41, 5.74) is 1.05. The number of fused-ring (bicyclic) bond motifs is 1. The van der Waals surface area contributed by atoms with Crippen LogP contribution in [0, 0.1) is 0 Å². The Morgan fingerprint density at radius 3 is 2.71 bits per heavy atom. The molecule has 1 saturated heterocycles. The summed E-state index contributed by atoms with van der Waals surface area (Å²) in [5.74, 6) is 0. The molecular formula is C21H25ClF3N5S. The molecule has 2 aromatic heterocycles. The average molecular weight is 472 g/mol. The molecule has 0 saturated carbocycles. The molecule has 168 valence electrons. The number of hydrogen-bond acceptors (Lipinski definition) is 5. The van der Waals surface area contributed by atoms with Gasteiger partial charge in [-0.15, -0.1) is 11.3 Å². The van der Waals surface area contributed by atoms with Crippen molar-refractivity contribution in [2.75, 3.05) is 44.2 Å². The van der Waals surface area contributed by atoms with E-state index in [9.17, 15) is 13.2 Å². The highest BCUT2D eigenvalue weighted by Gasteiger charge is 2.31. The molecule has 1 aliphatic rings. The van der Waals surface area contributed by atoms with Gasteiger partial charge in [-0.3, -0.25) is 9.30 Å². The molecule has 1 fully saturated rings. The van der Waals surface area contributed by atoms with Crippen LogP contribution >= 0.6 is 22.9 Å². The summed E-state index contributed by atoms with van der Waals surface area (Å²) in [6.07, 6.45) is -0.193. The van der Waals surface area contributed by atoms with Crippen molar-refractivity contribution in [2.24, 2.45) is 0 Å². The Labute approximate surface area is 188 Å². The topological polar surface area (TPSA) is 35.8 Å². The first-order chi connectivity index (χ1) is 14.9. The molecular weight excluding hydrogens is 447 g/mol. The summed E-state index contributed by atoms with van der Waals surface area (Å²) in [5, 5.41) is 5.98. The molecule has 0 unspecified atom stereocenters. The van der Waals surface area contributed by atoms with Crippen LogP contribution in [0.4, 0.5) is 18.9 Å². The van der Waals surface area contributed by atoms with Gasteiger partial charge in [0, 0.05) is 50.0 Å². The van der Waals surface area contributed by atoms with E-state index in [0.29, 0.717) is 17.4 Å². The van der Waals surface area contributed by atoms with Gasteiger partial charge in [0.2, 0.25) is 0 Å². The van der Waals surface area contributed by atoms with Gasteiger partial charge in [-0.1, -0.05) is 17.7 Å². The molecule has 0 atom stereocenters. The molecule has 1 aromatic carbocycles. The second-order valence-electron chi connectivity index (χ2n) is 7.67. The first-order valence-electron chi connectivity index (χ1n) is 10.4. The van der Waals surface area contributed by atoms with Crippen molar-refractivity contribution in [1.29, 1.82) is 0 Å². The maximum atomic E-state index is 12.9. The van der Waals surface area contributed by atoms with Gasteiger partial charge in [-0.2, -0.15) is 13.2 Å². The number of rotatable bonds is 8. The first-order valence-corrected chi connectivity index (χ1v) is 11.6. The van der Waals surface area contributed by atoms with Crippen molar-refractivity contribution in [3.8, 4) is 0 Å². The Bertz CT molecular complexity index is 994. The fourth-order valence-corrected chi connectivity index (χ4v) is 4.89. The highest BCUT2D eigenvalue weighted by Crippen LogP contribution is 2.31. The fraction of sp³-hybridized carbons (Fsp3) is 0.476. The van der Waals surface area contributed by atoms with Gasteiger partial charge in [0.1, 0.15) is 0 Å². The van der Waals surface area contributed by atoms with Crippen LogP contribution in [0.3, 0.4) is 0 Å². The monoisotopic (exact) mass is 471 g/mol. The number of thiazole rings is 1. The van der Waals surface area contributed by atoms with Crippen molar-refractivity contribution >= 4 is 33.6 Å². The van der Waals surface area contributed by atoms with Crippen molar-refractivity contribution in [2.45, 2.75) is 25.6 Å². The van der Waals surface area contributed by atoms with Crippen LogP contribution < -0.4 is 10.2 Å². The minimum Gasteiger partial charge on any atom is -0.369 e. The molecule has 0 spiro atoms. The van der Waals surface area contributed by atoms with Crippen LogP contribution in [0.5, 0.6) is 0 Å². The lowest BCUT2D eigenvalue weighted by atomic mass is 10.1. The molecule has 10 heteroatoms. The molecule has 0 amide bonds. The molecule has 5 nitrogen and oxygen atoms in total. The van der Waals surface area contributed by atoms with E-state index in [2.05, 4.69) is 15.2 Å². The van der Waals surface area contributed by atoms with Crippen molar-refractivity contribution in [3.05, 3.63) is 52.3 Å². The number of halogens is 4. The van der Waals surface area contributed by atoms with E-state index in [1.54, 1.807) is 17.4 Å². The highest BCUT2D eigenvalue weighted by atomic mass is 35.5. The predicted octanol–water partition coefficient (Wildman–Crippen LogP) is 4.76. The lowest BCUT2D eigenvalue weighted by Crippen LogP contribution is -2.46. The standard InChI is InChI=1S/C21H25ClF3N5S/c22-19-18(30-12-13-31-20(30)27-19)15-26-6-1-2-7-28-8-10-29(11-9-28)17-5-3-4-16(14-17)21(23,24)25/h3-5,12-14,26H,1-2,6-11,15H2. The van der Waals surface area contributed by atoms with Gasteiger partial charge in [0.05, 0.1) is 11.3 Å². The van der Waals surface area contributed by atoms with Crippen LogP contribution in [0.1, 0.15) is 24.1 Å². The highest BCUT2D eigenvalue weighted by molar-refractivity contribution is 7.15. The molecule has 0 bridgehead atoms. The van der Waals surface area contributed by atoms with Crippen LogP contribution in [-0.4, -0.2) is 53.6 Å². The Kier molecular flexibility index (Phi) is 7.05. The quantitative estimate of drug-likeness (QED) is 0.480. The number of nitrogens with one attached hydrogen (secondary N) is 1. The third-order valence-electron chi connectivity index (χ3n) is 5.59. The number of benzene rings is 1. The number of alkyl halides is 3. The van der Waals surface area contributed by atoms with Crippen molar-refractivity contribution in [1.82, 2.24) is 19.6 Å². The van der Waals surface area contributed by atoms with E-state index in [4.69, 9.17) is 11.6 Å². The Balaban J connectivity index is 1.14. The Morgan fingerprint density at radius 1 is 1.13 bits per heavy atom. The fourth-order valence-electron chi connectivity index (χ4n) is 3.87. The smallest absolute Gasteiger partial charge is 0.369 e. The van der Waals surface area contributed by atoms with E-state index in [1.807, 2.05) is 20.9 Å². The molecule has 3 heterocycles. The maximum Gasteiger partial charge on any atom is 0.416 e. The van der Waals surface area contributed by atoms with Crippen molar-refractivity contribution in [3.63, 3.8) is 0 Å². The summed E-state index contributed by atoms with van der Waals surface area (Å²) < 4.78 is 40.8. The minimum absolute atomic E-state index is 0.554. The summed E-state index contributed by atoms with van der Waals surface area (Å²) in [4.78, 5) is 9.66. The zero-order valence-corrected chi connectivity index (χ0v) is 18.6. The lowest BCUT2D eigenvalue weighted by molar-refractivity contribution is -0.137. The number of imidazole rings is 1. The summed E-state index contributed by atoms with van der Waals surface area (Å²) in [7, 11) is 0. The van der Waals surface area contributed by atoms with Gasteiger partial charge in [-0.05, 0) is 44.1 Å². The number of hydrogen-bond donors (Lipinski definition) is 1. The number of unbranched alkanes of at least 4 members (excludes halogenated alkanes) is 1. The summed E-state index contributed by atoms with van der Waals surface area (Å²) in [6.45, 7) is 5.81. The SMILES string of the molecule is FC(F)(F)c1cccc(N2CCN(CCCCNCc3c(Cl)nc4sccn34)CC2)c1. The zero-order chi connectivity index (χ0) is 21.8. The Morgan fingerprint density at radius 2 is 1.94 bits per heavy atom. The second-order valence-corrected chi connectivity index (χ2v) is 8.90. The van der Waals surface area contributed by atoms with Gasteiger partial charge in [0.15, 0.2) is 10.1 Å². The van der Waals surface area contributed by atoms with E-state index in [-0.39, 0.29) is 0 Å². The maximum absolute atomic E-state index is 12.9. The number of anilines is 1. The molecule has 3 aromatic rings. The van der Waals surface area contributed by atoms with Gasteiger partial charge in [-0.25, -0.2) is 4.98 Å². The van der Waals surface area contributed by atoms with Crippen LogP contribution in [0.15, 0.2) is 35.8 Å². The third kappa shape index (κ3) is 5.52. The molecule has 1 N–H and O–H groups in total. The number of aromatic nitrogens is 2. The lowest BCUT2D eigenvalue weighted by Gasteiger charge is -2.36. The van der Waals surface area contributed by atoms with Crippen LogP contribution in [-0.2, 0) is 12.7 Å². The minimum atomic E-state index is -4.30.